The van der Waals surface area contributed by atoms with Crippen LogP contribution in [0.2, 0.25) is 0 Å². The van der Waals surface area contributed by atoms with Crippen molar-refractivity contribution in [3.8, 4) is 5.75 Å². The van der Waals surface area contributed by atoms with Gasteiger partial charge in [-0.1, -0.05) is 0 Å². The van der Waals surface area contributed by atoms with Crippen molar-refractivity contribution in [2.75, 3.05) is 12.4 Å². The lowest BCUT2D eigenvalue weighted by Gasteiger charge is -2.16. The Balaban J connectivity index is 1.84. The van der Waals surface area contributed by atoms with Gasteiger partial charge in [-0.05, 0) is 6.92 Å². The first-order valence-electron chi connectivity index (χ1n) is 5.57. The Labute approximate surface area is 105 Å². The van der Waals surface area contributed by atoms with E-state index in [9.17, 15) is 8.42 Å². The lowest BCUT2D eigenvalue weighted by molar-refractivity contribution is -0.249. The predicted molar refractivity (Wildman–Crippen MR) is 61.8 cm³/mol. The Morgan fingerprint density at radius 3 is 3.06 bits per heavy atom. The van der Waals surface area contributed by atoms with E-state index in [2.05, 4.69) is 0 Å². The number of fused-ring (bicyclic) bond motifs is 1. The van der Waals surface area contributed by atoms with Crippen molar-refractivity contribution in [1.29, 1.82) is 0 Å². The van der Waals surface area contributed by atoms with E-state index >= 15 is 0 Å². The van der Waals surface area contributed by atoms with E-state index in [1.54, 1.807) is 12.4 Å². The third-order valence-electron chi connectivity index (χ3n) is 2.44. The molecule has 0 aliphatic carbocycles. The minimum Gasteiger partial charge on any atom is -0.414 e. The summed E-state index contributed by atoms with van der Waals surface area (Å²) < 4.78 is 31.0. The van der Waals surface area contributed by atoms with Crippen LogP contribution in [0, 0.1) is 0 Å². The van der Waals surface area contributed by atoms with Crippen molar-refractivity contribution in [3.05, 3.63) is 18.0 Å². The van der Waals surface area contributed by atoms with Crippen LogP contribution in [0.15, 0.2) is 12.4 Å². The molecule has 18 heavy (non-hydrogen) atoms. The van der Waals surface area contributed by atoms with Crippen LogP contribution in [0.5, 0.6) is 5.75 Å². The van der Waals surface area contributed by atoms with E-state index in [1.165, 1.54) is 4.73 Å². The highest BCUT2D eigenvalue weighted by Crippen LogP contribution is 2.26. The largest absolute Gasteiger partial charge is 0.414 e. The SMILES string of the molecule is CC1Cc2cn(OCCCS(=O)(=O)O)cc2OO1. The summed E-state index contributed by atoms with van der Waals surface area (Å²) in [5.74, 6) is 0.285. The average molecular weight is 277 g/mol. The second-order valence-corrected chi connectivity index (χ2v) is 5.75. The van der Waals surface area contributed by atoms with Gasteiger partial charge in [0.25, 0.3) is 10.1 Å². The van der Waals surface area contributed by atoms with Crippen LogP contribution in [0.3, 0.4) is 0 Å². The fourth-order valence-corrected chi connectivity index (χ4v) is 2.13. The van der Waals surface area contributed by atoms with Gasteiger partial charge in [0.15, 0.2) is 5.75 Å². The third-order valence-corrected chi connectivity index (χ3v) is 3.25. The van der Waals surface area contributed by atoms with E-state index in [4.69, 9.17) is 19.2 Å². The van der Waals surface area contributed by atoms with Crippen LogP contribution < -0.4 is 9.73 Å². The molecule has 1 aromatic heterocycles. The Bertz CT molecular complexity index is 508. The first kappa shape index (κ1) is 13.2. The van der Waals surface area contributed by atoms with Crippen molar-refractivity contribution < 1.29 is 27.6 Å². The smallest absolute Gasteiger partial charge is 0.264 e. The summed E-state index contributed by atoms with van der Waals surface area (Å²) in [5, 5.41) is 0. The maximum Gasteiger partial charge on any atom is 0.264 e. The van der Waals surface area contributed by atoms with E-state index in [-0.39, 0.29) is 24.9 Å². The summed E-state index contributed by atoms with van der Waals surface area (Å²) in [7, 11) is -3.92. The van der Waals surface area contributed by atoms with Crippen molar-refractivity contribution >= 4 is 10.1 Å². The van der Waals surface area contributed by atoms with E-state index in [0.29, 0.717) is 5.75 Å². The van der Waals surface area contributed by atoms with Gasteiger partial charge in [-0.3, -0.25) is 4.55 Å². The molecule has 0 bridgehead atoms. The molecule has 8 heteroatoms. The number of rotatable bonds is 5. The van der Waals surface area contributed by atoms with E-state index < -0.39 is 10.1 Å². The molecule has 7 nitrogen and oxygen atoms in total. The minimum atomic E-state index is -3.92. The summed E-state index contributed by atoms with van der Waals surface area (Å²) in [6, 6.07) is 0. The molecule has 0 radical (unpaired) electrons. The summed E-state index contributed by atoms with van der Waals surface area (Å²) in [6.07, 6.45) is 4.33. The standard InChI is InChI=1S/C10H15NO6S/c1-8-5-9-6-11(7-10(9)17-16-8)15-3-2-4-18(12,13)14/h6-8H,2-5H2,1H3,(H,12,13,14). The van der Waals surface area contributed by atoms with Gasteiger partial charge in [0.1, 0.15) is 12.7 Å². The quantitative estimate of drug-likeness (QED) is 0.477. The molecule has 102 valence electrons. The van der Waals surface area contributed by atoms with Gasteiger partial charge in [-0.15, -0.1) is 0 Å². The normalized spacial score (nSPS) is 19.1. The predicted octanol–water partition coefficient (Wildman–Crippen LogP) is 0.450. The zero-order valence-corrected chi connectivity index (χ0v) is 10.7. The van der Waals surface area contributed by atoms with Crippen molar-refractivity contribution in [1.82, 2.24) is 4.73 Å². The number of nitrogens with zero attached hydrogens (tertiary/aromatic N) is 1. The number of hydrogen-bond donors (Lipinski definition) is 1. The third kappa shape index (κ3) is 3.62. The van der Waals surface area contributed by atoms with Crippen LogP contribution in [0.1, 0.15) is 18.9 Å². The molecule has 0 aromatic carbocycles. The van der Waals surface area contributed by atoms with Crippen LogP contribution in [0.4, 0.5) is 0 Å². The highest BCUT2D eigenvalue weighted by molar-refractivity contribution is 7.85. The monoisotopic (exact) mass is 277 g/mol. The molecule has 0 fully saturated rings. The first-order chi connectivity index (χ1) is 8.44. The molecular weight excluding hydrogens is 262 g/mol. The Morgan fingerprint density at radius 2 is 2.33 bits per heavy atom. The molecule has 1 atom stereocenters. The van der Waals surface area contributed by atoms with Gasteiger partial charge < -0.3 is 9.73 Å². The molecular formula is C10H15NO6S. The molecule has 1 N–H and O–H groups in total. The van der Waals surface area contributed by atoms with Gasteiger partial charge in [-0.2, -0.15) is 18.0 Å². The topological polar surface area (TPSA) is 87.0 Å². The van der Waals surface area contributed by atoms with Crippen molar-refractivity contribution in [3.63, 3.8) is 0 Å². The summed E-state index contributed by atoms with van der Waals surface area (Å²) >= 11 is 0. The summed E-state index contributed by atoms with van der Waals surface area (Å²) in [5.41, 5.74) is 0.975. The number of aromatic nitrogens is 1. The molecule has 2 heterocycles. The van der Waals surface area contributed by atoms with E-state index in [1.807, 2.05) is 6.92 Å². The van der Waals surface area contributed by atoms with Gasteiger partial charge in [0.05, 0.1) is 18.1 Å². The fraction of sp³-hybridized carbons (Fsp3) is 0.600. The maximum absolute atomic E-state index is 10.5. The van der Waals surface area contributed by atoms with Crippen molar-refractivity contribution in [2.24, 2.45) is 0 Å². The van der Waals surface area contributed by atoms with E-state index in [0.717, 1.165) is 12.0 Å². The molecule has 1 aromatic rings. The van der Waals surface area contributed by atoms with Crippen LogP contribution in [0.25, 0.3) is 0 Å². The Kier molecular flexibility index (Phi) is 3.79. The van der Waals surface area contributed by atoms with Crippen molar-refractivity contribution in [2.45, 2.75) is 25.9 Å². The molecule has 1 aliphatic heterocycles. The Hall–Kier alpha value is -1.25. The average Bonchev–Trinajstić information content (AvgIpc) is 2.65. The second-order valence-electron chi connectivity index (χ2n) is 4.17. The fourth-order valence-electron chi connectivity index (χ4n) is 1.64. The lowest BCUT2D eigenvalue weighted by atomic mass is 10.1. The zero-order chi connectivity index (χ0) is 13.2. The van der Waals surface area contributed by atoms with Gasteiger partial charge in [0.2, 0.25) is 0 Å². The van der Waals surface area contributed by atoms with Gasteiger partial charge >= 0.3 is 0 Å². The minimum absolute atomic E-state index is 0.00659. The Morgan fingerprint density at radius 1 is 1.56 bits per heavy atom. The maximum atomic E-state index is 10.5. The zero-order valence-electron chi connectivity index (χ0n) is 9.90. The molecule has 1 unspecified atom stereocenters. The molecule has 0 saturated carbocycles. The van der Waals surface area contributed by atoms with Crippen LogP contribution in [-0.2, 0) is 21.4 Å². The first-order valence-corrected chi connectivity index (χ1v) is 7.17. The van der Waals surface area contributed by atoms with Crippen LogP contribution >= 0.6 is 0 Å². The van der Waals surface area contributed by atoms with Crippen LogP contribution in [-0.4, -0.2) is 36.2 Å². The molecule has 0 saturated heterocycles. The molecule has 1 aliphatic rings. The highest BCUT2D eigenvalue weighted by atomic mass is 32.2. The van der Waals surface area contributed by atoms with Gasteiger partial charge in [0, 0.05) is 18.4 Å². The molecule has 0 spiro atoms. The van der Waals surface area contributed by atoms with Gasteiger partial charge in [-0.25, -0.2) is 0 Å². The molecule has 0 amide bonds. The lowest BCUT2D eigenvalue weighted by Crippen LogP contribution is -2.18. The highest BCUT2D eigenvalue weighted by Gasteiger charge is 2.20. The second kappa shape index (κ2) is 5.17. The molecule has 2 rings (SSSR count). The summed E-state index contributed by atoms with van der Waals surface area (Å²) in [4.78, 5) is 15.3. The number of hydrogen-bond acceptors (Lipinski definition) is 5. The summed E-state index contributed by atoms with van der Waals surface area (Å²) in [6.45, 7) is 2.08.